The maximum atomic E-state index is 11.3. The van der Waals surface area contributed by atoms with Gasteiger partial charge in [-0.15, -0.1) is 11.6 Å². The zero-order valence-electron chi connectivity index (χ0n) is 8.56. The van der Waals surface area contributed by atoms with Crippen LogP contribution in [-0.2, 0) is 4.79 Å². The molecule has 76 valence electrons. The number of amides is 1. The van der Waals surface area contributed by atoms with Crippen LogP contribution in [0.1, 0.15) is 27.2 Å². The van der Waals surface area contributed by atoms with Crippen LogP contribution in [0.3, 0.4) is 0 Å². The third-order valence-electron chi connectivity index (χ3n) is 2.92. The van der Waals surface area contributed by atoms with Gasteiger partial charge >= 0.3 is 0 Å². The molecule has 2 atom stereocenters. The van der Waals surface area contributed by atoms with Crippen molar-refractivity contribution in [3.8, 4) is 0 Å². The molecule has 3 heteroatoms. The van der Waals surface area contributed by atoms with Gasteiger partial charge in [0.2, 0.25) is 5.91 Å². The lowest BCUT2D eigenvalue weighted by atomic mass is 10.1. The average molecular weight is 204 g/mol. The van der Waals surface area contributed by atoms with Crippen LogP contribution in [0.5, 0.6) is 0 Å². The Hall–Kier alpha value is -0.240. The molecule has 1 N–H and O–H groups in total. The fourth-order valence-corrected chi connectivity index (χ4v) is 1.53. The van der Waals surface area contributed by atoms with Crippen LogP contribution in [0.15, 0.2) is 0 Å². The molecule has 0 aromatic carbocycles. The highest BCUT2D eigenvalue weighted by Crippen LogP contribution is 2.50. The van der Waals surface area contributed by atoms with Gasteiger partial charge in [0.25, 0.3) is 0 Å². The van der Waals surface area contributed by atoms with Gasteiger partial charge in [-0.2, -0.15) is 0 Å². The Morgan fingerprint density at radius 3 is 2.62 bits per heavy atom. The molecule has 1 saturated carbocycles. The van der Waals surface area contributed by atoms with Crippen molar-refractivity contribution in [2.75, 3.05) is 12.4 Å². The molecule has 0 aliphatic heterocycles. The number of halogens is 1. The van der Waals surface area contributed by atoms with E-state index in [2.05, 4.69) is 19.2 Å². The monoisotopic (exact) mass is 203 g/mol. The number of carbonyl (C=O) groups is 1. The largest absolute Gasteiger partial charge is 0.356 e. The van der Waals surface area contributed by atoms with Crippen molar-refractivity contribution in [3.63, 3.8) is 0 Å². The van der Waals surface area contributed by atoms with E-state index in [9.17, 15) is 4.79 Å². The molecular weight excluding hydrogens is 186 g/mol. The Balaban J connectivity index is 2.17. The van der Waals surface area contributed by atoms with Crippen molar-refractivity contribution in [3.05, 3.63) is 0 Å². The number of nitrogens with one attached hydrogen (secondary N) is 1. The molecule has 1 amide bonds. The molecule has 0 bridgehead atoms. The SMILES string of the molecule is CC(CCl)C(=O)NCC1CC1(C)C. The molecule has 1 rings (SSSR count). The van der Waals surface area contributed by atoms with Crippen molar-refractivity contribution < 1.29 is 4.79 Å². The zero-order chi connectivity index (χ0) is 10.1. The van der Waals surface area contributed by atoms with Gasteiger partial charge in [-0.05, 0) is 17.8 Å². The molecule has 1 aliphatic rings. The Bertz CT molecular complexity index is 203. The first-order chi connectivity index (χ1) is 5.97. The first kappa shape index (κ1) is 10.8. The number of hydrogen-bond donors (Lipinski definition) is 1. The Labute approximate surface area is 85.0 Å². The maximum absolute atomic E-state index is 11.3. The van der Waals surface area contributed by atoms with Crippen molar-refractivity contribution in [2.24, 2.45) is 17.3 Å². The lowest BCUT2D eigenvalue weighted by Gasteiger charge is -2.09. The zero-order valence-corrected chi connectivity index (χ0v) is 9.32. The van der Waals surface area contributed by atoms with E-state index in [-0.39, 0.29) is 11.8 Å². The summed E-state index contributed by atoms with van der Waals surface area (Å²) in [7, 11) is 0. The second-order valence-corrected chi connectivity index (χ2v) is 5.00. The summed E-state index contributed by atoms with van der Waals surface area (Å²) in [6.45, 7) is 7.12. The second-order valence-electron chi connectivity index (χ2n) is 4.69. The number of rotatable bonds is 4. The van der Waals surface area contributed by atoms with Crippen LogP contribution < -0.4 is 5.32 Å². The van der Waals surface area contributed by atoms with Gasteiger partial charge < -0.3 is 5.32 Å². The van der Waals surface area contributed by atoms with Crippen molar-refractivity contribution >= 4 is 17.5 Å². The molecule has 1 aliphatic carbocycles. The van der Waals surface area contributed by atoms with E-state index in [4.69, 9.17) is 11.6 Å². The van der Waals surface area contributed by atoms with Gasteiger partial charge in [-0.3, -0.25) is 4.79 Å². The summed E-state index contributed by atoms with van der Waals surface area (Å²) in [5.74, 6) is 1.08. The summed E-state index contributed by atoms with van der Waals surface area (Å²) >= 11 is 5.57. The van der Waals surface area contributed by atoms with Gasteiger partial charge in [-0.25, -0.2) is 0 Å². The van der Waals surface area contributed by atoms with Crippen LogP contribution in [0, 0.1) is 17.3 Å². The second kappa shape index (κ2) is 3.87. The number of carbonyl (C=O) groups excluding carboxylic acids is 1. The smallest absolute Gasteiger partial charge is 0.224 e. The highest BCUT2D eigenvalue weighted by atomic mass is 35.5. The van der Waals surface area contributed by atoms with Gasteiger partial charge in [-0.1, -0.05) is 20.8 Å². The van der Waals surface area contributed by atoms with Crippen LogP contribution in [0.4, 0.5) is 0 Å². The van der Waals surface area contributed by atoms with Crippen molar-refractivity contribution in [2.45, 2.75) is 27.2 Å². The Morgan fingerprint density at radius 1 is 1.69 bits per heavy atom. The molecule has 0 aromatic heterocycles. The summed E-state index contributed by atoms with van der Waals surface area (Å²) in [6, 6.07) is 0. The van der Waals surface area contributed by atoms with E-state index in [0.717, 1.165) is 6.54 Å². The topological polar surface area (TPSA) is 29.1 Å². The molecule has 2 unspecified atom stereocenters. The summed E-state index contributed by atoms with van der Waals surface area (Å²) in [6.07, 6.45) is 1.22. The van der Waals surface area contributed by atoms with E-state index < -0.39 is 0 Å². The average Bonchev–Trinajstić information content (AvgIpc) is 2.68. The first-order valence-electron chi connectivity index (χ1n) is 4.81. The Morgan fingerprint density at radius 2 is 2.23 bits per heavy atom. The molecule has 0 radical (unpaired) electrons. The fourth-order valence-electron chi connectivity index (χ4n) is 1.39. The summed E-state index contributed by atoms with van der Waals surface area (Å²) in [5.41, 5.74) is 0.442. The normalized spacial score (nSPS) is 26.6. The fraction of sp³-hybridized carbons (Fsp3) is 0.900. The standard InChI is InChI=1S/C10H18ClNO/c1-7(5-11)9(13)12-6-8-4-10(8,2)3/h7-8H,4-6H2,1-3H3,(H,12,13). The third-order valence-corrected chi connectivity index (χ3v) is 3.38. The minimum absolute atomic E-state index is 0.0662. The quantitative estimate of drug-likeness (QED) is 0.696. The molecule has 0 saturated heterocycles. The highest BCUT2D eigenvalue weighted by Gasteiger charge is 2.45. The molecule has 0 heterocycles. The molecule has 1 fully saturated rings. The minimum atomic E-state index is -0.0662. The van der Waals surface area contributed by atoms with Gasteiger partial charge in [0.05, 0.1) is 0 Å². The first-order valence-corrected chi connectivity index (χ1v) is 5.34. The van der Waals surface area contributed by atoms with Crippen molar-refractivity contribution in [1.29, 1.82) is 0 Å². The molecule has 0 spiro atoms. The van der Waals surface area contributed by atoms with E-state index in [1.807, 2.05) is 6.92 Å². The van der Waals surface area contributed by atoms with E-state index in [1.165, 1.54) is 6.42 Å². The molecule has 0 aromatic rings. The highest BCUT2D eigenvalue weighted by molar-refractivity contribution is 6.19. The molecule has 2 nitrogen and oxygen atoms in total. The third kappa shape index (κ3) is 2.87. The predicted molar refractivity (Wildman–Crippen MR) is 54.8 cm³/mol. The van der Waals surface area contributed by atoms with Crippen LogP contribution in [0.2, 0.25) is 0 Å². The van der Waals surface area contributed by atoms with E-state index >= 15 is 0 Å². The van der Waals surface area contributed by atoms with Gasteiger partial charge in [0, 0.05) is 18.3 Å². The van der Waals surface area contributed by atoms with Gasteiger partial charge in [0.1, 0.15) is 0 Å². The number of alkyl halides is 1. The van der Waals surface area contributed by atoms with Crippen LogP contribution in [-0.4, -0.2) is 18.3 Å². The van der Waals surface area contributed by atoms with E-state index in [1.54, 1.807) is 0 Å². The number of hydrogen-bond acceptors (Lipinski definition) is 1. The maximum Gasteiger partial charge on any atom is 0.224 e. The lowest BCUT2D eigenvalue weighted by Crippen LogP contribution is -2.32. The summed E-state index contributed by atoms with van der Waals surface area (Å²) < 4.78 is 0. The van der Waals surface area contributed by atoms with Crippen LogP contribution >= 0.6 is 11.6 Å². The molecular formula is C10H18ClNO. The molecule has 13 heavy (non-hydrogen) atoms. The minimum Gasteiger partial charge on any atom is -0.356 e. The predicted octanol–water partition coefficient (Wildman–Crippen LogP) is 2.02. The lowest BCUT2D eigenvalue weighted by molar-refractivity contribution is -0.123. The summed E-state index contributed by atoms with van der Waals surface area (Å²) in [5, 5.41) is 2.93. The Kier molecular flexibility index (Phi) is 3.23. The van der Waals surface area contributed by atoms with Crippen molar-refractivity contribution in [1.82, 2.24) is 5.32 Å². The van der Waals surface area contributed by atoms with Gasteiger partial charge in [0.15, 0.2) is 0 Å². The van der Waals surface area contributed by atoms with E-state index in [0.29, 0.717) is 17.2 Å². The summed E-state index contributed by atoms with van der Waals surface area (Å²) in [4.78, 5) is 11.3. The van der Waals surface area contributed by atoms with Crippen LogP contribution in [0.25, 0.3) is 0 Å².